The molecule has 0 aliphatic rings. The average Bonchev–Trinajstić information content (AvgIpc) is 2.78. The van der Waals surface area contributed by atoms with Crippen LogP contribution in [0.15, 0.2) is 0 Å². The summed E-state index contributed by atoms with van der Waals surface area (Å²) in [7, 11) is 0. The molecule has 2 N–H and O–H groups in total. The second kappa shape index (κ2) is 23.4. The summed E-state index contributed by atoms with van der Waals surface area (Å²) in [6.07, 6.45) is 25.3. The minimum absolute atomic E-state index is 0.180. The molecular formula is C27H48O6. The normalized spacial score (nSPS) is 10.9. The quantitative estimate of drug-likeness (QED) is 0.102. The minimum atomic E-state index is -1.30. The first-order valence-electron chi connectivity index (χ1n) is 13.5. The summed E-state index contributed by atoms with van der Waals surface area (Å²) in [5, 5.41) is 17.0. The number of Topliss-reactive ketones (excluding diaryl/α,β-unsaturated/α-hetero) is 2. The predicted molar refractivity (Wildman–Crippen MR) is 131 cm³/mol. The molecule has 0 bridgehead atoms. The lowest BCUT2D eigenvalue weighted by Gasteiger charge is -2.04. The predicted octanol–water partition coefficient (Wildman–Crippen LogP) is 7.27. The number of carbonyl (C=O) groups is 4. The second-order valence-corrected chi connectivity index (χ2v) is 9.38. The van der Waals surface area contributed by atoms with Gasteiger partial charge in [-0.25, -0.2) is 9.59 Å². The van der Waals surface area contributed by atoms with Crippen molar-refractivity contribution in [3.8, 4) is 0 Å². The molecule has 0 aromatic heterocycles. The van der Waals surface area contributed by atoms with Crippen molar-refractivity contribution in [1.29, 1.82) is 0 Å². The van der Waals surface area contributed by atoms with E-state index in [-0.39, 0.29) is 12.8 Å². The van der Waals surface area contributed by atoms with Gasteiger partial charge in [0.1, 0.15) is 0 Å². The van der Waals surface area contributed by atoms with Gasteiger partial charge in [-0.3, -0.25) is 9.59 Å². The van der Waals surface area contributed by atoms with Crippen molar-refractivity contribution in [2.24, 2.45) is 0 Å². The highest BCUT2D eigenvalue weighted by Crippen LogP contribution is 2.15. The maximum absolute atomic E-state index is 11.0. The smallest absolute Gasteiger partial charge is 0.372 e. The second-order valence-electron chi connectivity index (χ2n) is 9.38. The van der Waals surface area contributed by atoms with Gasteiger partial charge >= 0.3 is 11.9 Å². The molecule has 192 valence electrons. The van der Waals surface area contributed by atoms with Gasteiger partial charge in [0, 0.05) is 12.8 Å². The summed E-state index contributed by atoms with van der Waals surface area (Å²) in [5.74, 6) is -3.93. The van der Waals surface area contributed by atoms with Crippen LogP contribution in [0.2, 0.25) is 0 Å². The van der Waals surface area contributed by atoms with Crippen LogP contribution in [0.25, 0.3) is 0 Å². The van der Waals surface area contributed by atoms with Gasteiger partial charge in [0.25, 0.3) is 0 Å². The molecule has 0 heterocycles. The largest absolute Gasteiger partial charge is 0.476 e. The Morgan fingerprint density at radius 3 is 0.606 bits per heavy atom. The number of carbonyl (C=O) groups excluding carboxylic acids is 2. The van der Waals surface area contributed by atoms with Crippen LogP contribution in [-0.4, -0.2) is 33.7 Å². The van der Waals surface area contributed by atoms with Crippen molar-refractivity contribution >= 4 is 23.5 Å². The number of aliphatic carboxylic acids is 2. The van der Waals surface area contributed by atoms with Gasteiger partial charge in [0.2, 0.25) is 11.6 Å². The van der Waals surface area contributed by atoms with Crippen LogP contribution in [0.4, 0.5) is 0 Å². The number of unbranched alkanes of at least 4 members (excludes halogenated alkanes) is 20. The number of ketones is 2. The molecular weight excluding hydrogens is 420 g/mol. The standard InChI is InChI=1S/C27H48O6/c28-24(26(30)31)22-20-18-16-14-12-10-8-6-4-2-1-3-5-7-9-11-13-15-17-19-21-23-25(29)27(32)33/h1-23H2,(H,30,31)(H,32,33). The molecule has 33 heavy (non-hydrogen) atoms. The van der Waals surface area contributed by atoms with E-state index in [9.17, 15) is 19.2 Å². The zero-order chi connectivity index (χ0) is 24.6. The van der Waals surface area contributed by atoms with Crippen LogP contribution in [0.5, 0.6) is 0 Å². The summed E-state index contributed by atoms with van der Waals surface area (Å²) < 4.78 is 0. The molecule has 0 saturated carbocycles. The Kier molecular flexibility index (Phi) is 22.2. The Labute approximate surface area is 200 Å². The lowest BCUT2D eigenvalue weighted by atomic mass is 10.0. The molecule has 0 aliphatic carbocycles. The zero-order valence-corrected chi connectivity index (χ0v) is 20.8. The fourth-order valence-electron chi connectivity index (χ4n) is 4.14. The molecule has 0 aromatic rings. The minimum Gasteiger partial charge on any atom is -0.476 e. The van der Waals surface area contributed by atoms with Gasteiger partial charge in [-0.15, -0.1) is 0 Å². The molecule has 0 spiro atoms. The van der Waals surface area contributed by atoms with Crippen molar-refractivity contribution in [3.05, 3.63) is 0 Å². The first-order chi connectivity index (χ1) is 15.9. The summed E-state index contributed by atoms with van der Waals surface area (Å²) in [6.45, 7) is 0. The Morgan fingerprint density at radius 2 is 0.455 bits per heavy atom. The summed E-state index contributed by atoms with van der Waals surface area (Å²) >= 11 is 0. The lowest BCUT2D eigenvalue weighted by Crippen LogP contribution is -2.11. The maximum Gasteiger partial charge on any atom is 0.372 e. The molecule has 6 heteroatoms. The molecule has 0 rings (SSSR count). The van der Waals surface area contributed by atoms with E-state index in [2.05, 4.69) is 0 Å². The lowest BCUT2D eigenvalue weighted by molar-refractivity contribution is -0.149. The Bertz CT molecular complexity index is 483. The van der Waals surface area contributed by atoms with Crippen LogP contribution in [0.1, 0.15) is 148 Å². The molecule has 0 radical (unpaired) electrons. The van der Waals surface area contributed by atoms with Crippen LogP contribution < -0.4 is 0 Å². The monoisotopic (exact) mass is 468 g/mol. The average molecular weight is 469 g/mol. The van der Waals surface area contributed by atoms with Crippen LogP contribution in [-0.2, 0) is 19.2 Å². The maximum atomic E-state index is 11.0. The fraction of sp³-hybridized carbons (Fsp3) is 0.852. The number of carboxylic acid groups (broad SMARTS) is 2. The highest BCUT2D eigenvalue weighted by molar-refractivity contribution is 6.32. The SMILES string of the molecule is O=C(O)C(=O)CCCCCCCCCCCCCCCCCCCCCCCC(=O)C(=O)O. The summed E-state index contributed by atoms with van der Waals surface area (Å²) in [5.41, 5.74) is 0. The summed E-state index contributed by atoms with van der Waals surface area (Å²) in [4.78, 5) is 42.7. The van der Waals surface area contributed by atoms with E-state index >= 15 is 0 Å². The highest BCUT2D eigenvalue weighted by Gasteiger charge is 2.10. The summed E-state index contributed by atoms with van der Waals surface area (Å²) in [6, 6.07) is 0. The van der Waals surface area contributed by atoms with E-state index in [0.717, 1.165) is 25.7 Å². The van der Waals surface area contributed by atoms with E-state index in [1.165, 1.54) is 96.3 Å². The third-order valence-corrected chi connectivity index (χ3v) is 6.28. The number of hydrogen-bond acceptors (Lipinski definition) is 4. The highest BCUT2D eigenvalue weighted by atomic mass is 16.4. The van der Waals surface area contributed by atoms with Gasteiger partial charge in [0.05, 0.1) is 0 Å². The molecule has 0 unspecified atom stereocenters. The van der Waals surface area contributed by atoms with E-state index in [4.69, 9.17) is 10.2 Å². The van der Waals surface area contributed by atoms with Gasteiger partial charge in [-0.05, 0) is 12.8 Å². The topological polar surface area (TPSA) is 109 Å². The van der Waals surface area contributed by atoms with Gasteiger partial charge < -0.3 is 10.2 Å². The third kappa shape index (κ3) is 23.2. The van der Waals surface area contributed by atoms with E-state index in [1.807, 2.05) is 0 Å². The first kappa shape index (κ1) is 31.3. The molecule has 0 atom stereocenters. The molecule has 0 aliphatic heterocycles. The van der Waals surface area contributed by atoms with Gasteiger partial charge in [-0.2, -0.15) is 0 Å². The van der Waals surface area contributed by atoms with E-state index in [0.29, 0.717) is 12.8 Å². The van der Waals surface area contributed by atoms with Crippen molar-refractivity contribution in [3.63, 3.8) is 0 Å². The van der Waals surface area contributed by atoms with E-state index < -0.39 is 23.5 Å². The molecule has 0 saturated heterocycles. The van der Waals surface area contributed by atoms with Crippen molar-refractivity contribution in [1.82, 2.24) is 0 Å². The van der Waals surface area contributed by atoms with Gasteiger partial charge in [0.15, 0.2) is 0 Å². The van der Waals surface area contributed by atoms with Crippen LogP contribution >= 0.6 is 0 Å². The molecule has 0 aromatic carbocycles. The number of hydrogen-bond donors (Lipinski definition) is 2. The van der Waals surface area contributed by atoms with Crippen molar-refractivity contribution < 1.29 is 29.4 Å². The van der Waals surface area contributed by atoms with Crippen molar-refractivity contribution in [2.45, 2.75) is 148 Å². The Balaban J connectivity index is 3.12. The molecule has 0 amide bonds. The zero-order valence-electron chi connectivity index (χ0n) is 20.8. The number of rotatable bonds is 26. The third-order valence-electron chi connectivity index (χ3n) is 6.28. The Hall–Kier alpha value is -1.72. The Morgan fingerprint density at radius 1 is 0.303 bits per heavy atom. The molecule has 6 nitrogen and oxygen atoms in total. The van der Waals surface area contributed by atoms with E-state index in [1.54, 1.807) is 0 Å². The van der Waals surface area contributed by atoms with Gasteiger partial charge in [-0.1, -0.05) is 122 Å². The van der Waals surface area contributed by atoms with Crippen LogP contribution in [0, 0.1) is 0 Å². The molecule has 0 fully saturated rings. The first-order valence-corrected chi connectivity index (χ1v) is 13.5. The number of carboxylic acids is 2. The fourth-order valence-corrected chi connectivity index (χ4v) is 4.14. The van der Waals surface area contributed by atoms with Crippen molar-refractivity contribution in [2.75, 3.05) is 0 Å². The van der Waals surface area contributed by atoms with Crippen LogP contribution in [0.3, 0.4) is 0 Å².